The zero-order chi connectivity index (χ0) is 13.2. The van der Waals surface area contributed by atoms with Crippen LogP contribution in [-0.2, 0) is 16.9 Å². The van der Waals surface area contributed by atoms with Crippen molar-refractivity contribution in [1.29, 1.82) is 0 Å². The average molecular weight is 271 g/mol. The molecule has 1 fully saturated rings. The van der Waals surface area contributed by atoms with Gasteiger partial charge in [0.15, 0.2) is 0 Å². The van der Waals surface area contributed by atoms with Crippen molar-refractivity contribution in [3.63, 3.8) is 0 Å². The zero-order valence-corrected chi connectivity index (χ0v) is 10.8. The Morgan fingerprint density at radius 2 is 2.00 bits per heavy atom. The third kappa shape index (κ3) is 2.12. The third-order valence-corrected chi connectivity index (χ3v) is 4.24. The molecule has 98 valence electrons. The molecule has 1 saturated carbocycles. The van der Waals surface area contributed by atoms with E-state index in [1.54, 1.807) is 18.2 Å². The summed E-state index contributed by atoms with van der Waals surface area (Å²) in [6.07, 6.45) is 3.90. The number of alkyl halides is 1. The van der Waals surface area contributed by atoms with E-state index < -0.39 is 18.1 Å². The van der Waals surface area contributed by atoms with Gasteiger partial charge >= 0.3 is 5.97 Å². The summed E-state index contributed by atoms with van der Waals surface area (Å²) in [6, 6.07) is 5.02. The van der Waals surface area contributed by atoms with Gasteiger partial charge in [-0.1, -0.05) is 43.0 Å². The molecular weight excluding hydrogens is 255 g/mol. The predicted octanol–water partition coefficient (Wildman–Crippen LogP) is 4.10. The van der Waals surface area contributed by atoms with Crippen molar-refractivity contribution >= 4 is 17.6 Å². The number of aliphatic carboxylic acids is 1. The van der Waals surface area contributed by atoms with Gasteiger partial charge in [0.2, 0.25) is 0 Å². The standard InChI is InChI=1S/C14H16ClFO2/c15-12-6-4-5-11(10(12)9-16)14(13(17)18)7-2-1-3-8-14/h4-6H,1-3,7-9H2,(H,17,18). The molecule has 0 radical (unpaired) electrons. The van der Waals surface area contributed by atoms with E-state index in [1.165, 1.54) is 0 Å². The Hall–Kier alpha value is -1.09. The van der Waals surface area contributed by atoms with Crippen LogP contribution in [0.4, 0.5) is 4.39 Å². The van der Waals surface area contributed by atoms with E-state index in [-0.39, 0.29) is 0 Å². The van der Waals surface area contributed by atoms with Gasteiger partial charge in [-0.05, 0) is 24.5 Å². The van der Waals surface area contributed by atoms with Crippen molar-refractivity contribution < 1.29 is 14.3 Å². The molecule has 1 aromatic rings. The largest absolute Gasteiger partial charge is 0.481 e. The van der Waals surface area contributed by atoms with Crippen LogP contribution >= 0.6 is 11.6 Å². The van der Waals surface area contributed by atoms with Gasteiger partial charge in [-0.3, -0.25) is 4.79 Å². The minimum absolute atomic E-state index is 0.321. The van der Waals surface area contributed by atoms with Crippen LogP contribution in [0.5, 0.6) is 0 Å². The fourth-order valence-electron chi connectivity index (χ4n) is 2.90. The molecule has 1 aromatic carbocycles. The number of hydrogen-bond acceptors (Lipinski definition) is 1. The van der Waals surface area contributed by atoms with E-state index in [4.69, 9.17) is 11.6 Å². The number of benzene rings is 1. The van der Waals surface area contributed by atoms with Crippen LogP contribution in [-0.4, -0.2) is 11.1 Å². The van der Waals surface area contributed by atoms with Crippen LogP contribution in [0.2, 0.25) is 5.02 Å². The van der Waals surface area contributed by atoms with Gasteiger partial charge in [-0.25, -0.2) is 4.39 Å². The summed E-state index contributed by atoms with van der Waals surface area (Å²) in [5.41, 5.74) is -0.0573. The summed E-state index contributed by atoms with van der Waals surface area (Å²) in [5, 5.41) is 9.91. The molecule has 0 aliphatic heterocycles. The van der Waals surface area contributed by atoms with Crippen molar-refractivity contribution in [3.05, 3.63) is 34.3 Å². The number of rotatable bonds is 3. The minimum Gasteiger partial charge on any atom is -0.481 e. The summed E-state index contributed by atoms with van der Waals surface area (Å²) in [4.78, 5) is 11.7. The molecule has 2 nitrogen and oxygen atoms in total. The molecule has 2 rings (SSSR count). The highest BCUT2D eigenvalue weighted by Gasteiger charge is 2.42. The Labute approximate surface area is 111 Å². The molecule has 1 aliphatic rings. The molecule has 0 atom stereocenters. The molecule has 0 bridgehead atoms. The fourth-order valence-corrected chi connectivity index (χ4v) is 3.12. The Bertz CT molecular complexity index is 453. The zero-order valence-electron chi connectivity index (χ0n) is 10.1. The second-order valence-corrected chi connectivity index (χ2v) is 5.25. The quantitative estimate of drug-likeness (QED) is 0.898. The molecule has 0 aromatic heterocycles. The Morgan fingerprint density at radius 1 is 1.33 bits per heavy atom. The first-order valence-electron chi connectivity index (χ1n) is 6.19. The highest BCUT2D eigenvalue weighted by molar-refractivity contribution is 6.31. The summed E-state index contributed by atoms with van der Waals surface area (Å²) in [7, 11) is 0. The molecule has 0 spiro atoms. The lowest BCUT2D eigenvalue weighted by Gasteiger charge is -2.35. The van der Waals surface area contributed by atoms with E-state index in [9.17, 15) is 14.3 Å². The van der Waals surface area contributed by atoms with Crippen LogP contribution in [0.1, 0.15) is 43.2 Å². The molecule has 4 heteroatoms. The van der Waals surface area contributed by atoms with Gasteiger partial charge in [0.25, 0.3) is 0 Å². The lowest BCUT2D eigenvalue weighted by Crippen LogP contribution is -2.38. The lowest BCUT2D eigenvalue weighted by atomic mass is 9.68. The van der Waals surface area contributed by atoms with Crippen molar-refractivity contribution in [2.75, 3.05) is 0 Å². The maximum absolute atomic E-state index is 13.2. The van der Waals surface area contributed by atoms with Crippen molar-refractivity contribution in [2.45, 2.75) is 44.2 Å². The molecule has 0 saturated heterocycles. The highest BCUT2D eigenvalue weighted by atomic mass is 35.5. The van der Waals surface area contributed by atoms with Gasteiger partial charge in [-0.15, -0.1) is 0 Å². The fraction of sp³-hybridized carbons (Fsp3) is 0.500. The predicted molar refractivity (Wildman–Crippen MR) is 68.7 cm³/mol. The maximum atomic E-state index is 13.2. The van der Waals surface area contributed by atoms with Crippen LogP contribution < -0.4 is 0 Å². The topological polar surface area (TPSA) is 37.3 Å². The summed E-state index contributed by atoms with van der Waals surface area (Å²) in [5.74, 6) is -0.862. The smallest absolute Gasteiger partial charge is 0.314 e. The van der Waals surface area contributed by atoms with Gasteiger partial charge in [0, 0.05) is 10.6 Å². The van der Waals surface area contributed by atoms with Crippen LogP contribution in [0.3, 0.4) is 0 Å². The number of carboxylic acids is 1. The van der Waals surface area contributed by atoms with Crippen molar-refractivity contribution in [2.24, 2.45) is 0 Å². The normalized spacial score (nSPS) is 18.6. The highest BCUT2D eigenvalue weighted by Crippen LogP contribution is 2.42. The van der Waals surface area contributed by atoms with Gasteiger partial charge < -0.3 is 5.11 Å². The van der Waals surface area contributed by atoms with E-state index >= 15 is 0 Å². The second-order valence-electron chi connectivity index (χ2n) is 4.85. The van der Waals surface area contributed by atoms with Crippen molar-refractivity contribution in [1.82, 2.24) is 0 Å². The van der Waals surface area contributed by atoms with Crippen LogP contribution in [0.15, 0.2) is 18.2 Å². The van der Waals surface area contributed by atoms with E-state index in [2.05, 4.69) is 0 Å². The van der Waals surface area contributed by atoms with Gasteiger partial charge in [-0.2, -0.15) is 0 Å². The lowest BCUT2D eigenvalue weighted by molar-refractivity contribution is -0.145. The average Bonchev–Trinajstić information content (AvgIpc) is 2.39. The SMILES string of the molecule is O=C(O)C1(c2cccc(Cl)c2CF)CCCCC1. The first-order valence-corrected chi connectivity index (χ1v) is 6.57. The van der Waals surface area contributed by atoms with E-state index in [1.807, 2.05) is 0 Å². The van der Waals surface area contributed by atoms with Crippen molar-refractivity contribution in [3.8, 4) is 0 Å². The molecule has 1 N–H and O–H groups in total. The summed E-state index contributed by atoms with van der Waals surface area (Å²) >= 11 is 5.98. The first-order chi connectivity index (χ1) is 8.62. The Morgan fingerprint density at radius 3 is 2.56 bits per heavy atom. The number of halogens is 2. The molecule has 0 amide bonds. The molecule has 0 unspecified atom stereocenters. The molecular formula is C14H16ClFO2. The van der Waals surface area contributed by atoms with Crippen LogP contribution in [0, 0.1) is 0 Å². The van der Waals surface area contributed by atoms with Crippen LogP contribution in [0.25, 0.3) is 0 Å². The summed E-state index contributed by atoms with van der Waals surface area (Å²) in [6.45, 7) is -0.718. The monoisotopic (exact) mass is 270 g/mol. The second kappa shape index (κ2) is 5.27. The van der Waals surface area contributed by atoms with E-state index in [0.29, 0.717) is 29.0 Å². The molecule has 0 heterocycles. The first kappa shape index (κ1) is 13.3. The third-order valence-electron chi connectivity index (χ3n) is 3.88. The minimum atomic E-state index is -0.954. The number of carboxylic acid groups (broad SMARTS) is 1. The maximum Gasteiger partial charge on any atom is 0.314 e. The Balaban J connectivity index is 2.55. The summed E-state index contributed by atoms with van der Waals surface area (Å²) < 4.78 is 13.2. The molecule has 1 aliphatic carbocycles. The number of carbonyl (C=O) groups is 1. The van der Waals surface area contributed by atoms with E-state index in [0.717, 1.165) is 19.3 Å². The number of hydrogen-bond donors (Lipinski definition) is 1. The van der Waals surface area contributed by atoms with Gasteiger partial charge in [0.05, 0.1) is 5.41 Å². The van der Waals surface area contributed by atoms with Gasteiger partial charge in [0.1, 0.15) is 6.67 Å². The Kier molecular flexibility index (Phi) is 3.91. The molecule has 18 heavy (non-hydrogen) atoms.